The molecular formula is C13H11FN2O3S. The summed E-state index contributed by atoms with van der Waals surface area (Å²) in [6.45, 7) is 0. The minimum Gasteiger partial charge on any atom is -0.481 e. The van der Waals surface area contributed by atoms with Gasteiger partial charge in [-0.1, -0.05) is 6.07 Å². The molecule has 1 amide bonds. The van der Waals surface area contributed by atoms with Gasteiger partial charge in [0.1, 0.15) is 0 Å². The van der Waals surface area contributed by atoms with Gasteiger partial charge in [0.15, 0.2) is 0 Å². The summed E-state index contributed by atoms with van der Waals surface area (Å²) >= 11 is 1.33. The molecule has 1 unspecified atom stereocenters. The molecule has 0 aliphatic carbocycles. The van der Waals surface area contributed by atoms with E-state index in [4.69, 9.17) is 5.11 Å². The van der Waals surface area contributed by atoms with Gasteiger partial charge in [-0.3, -0.25) is 9.59 Å². The molecule has 2 N–H and O–H groups in total. The number of carbonyl (C=O) groups is 2. The molecule has 104 valence electrons. The van der Waals surface area contributed by atoms with E-state index < -0.39 is 23.9 Å². The molecule has 0 saturated heterocycles. The van der Waals surface area contributed by atoms with Crippen molar-refractivity contribution in [2.24, 2.45) is 0 Å². The van der Waals surface area contributed by atoms with E-state index in [2.05, 4.69) is 10.3 Å². The second-order valence-corrected chi connectivity index (χ2v) is 4.96. The molecule has 0 saturated carbocycles. The highest BCUT2D eigenvalue weighted by atomic mass is 32.1. The Hall–Kier alpha value is -2.28. The monoisotopic (exact) mass is 294 g/mol. The van der Waals surface area contributed by atoms with Gasteiger partial charge in [-0.15, -0.1) is 11.3 Å². The van der Waals surface area contributed by atoms with Crippen LogP contribution in [0, 0.1) is 5.95 Å². The van der Waals surface area contributed by atoms with E-state index in [-0.39, 0.29) is 12.0 Å². The third-order valence-corrected chi connectivity index (χ3v) is 3.56. The first-order valence-electron chi connectivity index (χ1n) is 5.74. The van der Waals surface area contributed by atoms with Gasteiger partial charge in [0.2, 0.25) is 5.95 Å². The van der Waals surface area contributed by atoms with E-state index in [0.717, 1.165) is 0 Å². The molecule has 0 radical (unpaired) electrons. The fourth-order valence-electron chi connectivity index (χ4n) is 1.68. The predicted octanol–water partition coefficient (Wildman–Crippen LogP) is 2.23. The second kappa shape index (κ2) is 6.25. The highest BCUT2D eigenvalue weighted by molar-refractivity contribution is 7.10. The number of thiophene rings is 1. The number of carboxylic acids is 1. The molecule has 0 aliphatic rings. The van der Waals surface area contributed by atoms with Crippen LogP contribution in [0.3, 0.4) is 0 Å². The number of halogens is 1. The van der Waals surface area contributed by atoms with Crippen LogP contribution in [-0.2, 0) is 4.79 Å². The SMILES string of the molecule is O=C(O)CC(NC(=O)c1cccnc1F)c1cccs1. The van der Waals surface area contributed by atoms with Crippen LogP contribution in [0.15, 0.2) is 35.8 Å². The van der Waals surface area contributed by atoms with Gasteiger partial charge >= 0.3 is 5.97 Å². The van der Waals surface area contributed by atoms with Gasteiger partial charge in [-0.2, -0.15) is 4.39 Å². The Morgan fingerprint density at radius 2 is 2.20 bits per heavy atom. The number of carboxylic acid groups (broad SMARTS) is 1. The summed E-state index contributed by atoms with van der Waals surface area (Å²) < 4.78 is 13.4. The average molecular weight is 294 g/mol. The lowest BCUT2D eigenvalue weighted by molar-refractivity contribution is -0.137. The highest BCUT2D eigenvalue weighted by Crippen LogP contribution is 2.22. The molecule has 2 heterocycles. The largest absolute Gasteiger partial charge is 0.481 e. The van der Waals surface area contributed by atoms with Crippen molar-refractivity contribution >= 4 is 23.2 Å². The molecule has 2 aromatic rings. The molecule has 0 bridgehead atoms. The highest BCUT2D eigenvalue weighted by Gasteiger charge is 2.21. The van der Waals surface area contributed by atoms with Gasteiger partial charge in [0, 0.05) is 11.1 Å². The molecular weight excluding hydrogens is 283 g/mol. The topological polar surface area (TPSA) is 79.3 Å². The number of nitrogens with one attached hydrogen (secondary N) is 1. The van der Waals surface area contributed by atoms with Crippen LogP contribution < -0.4 is 5.32 Å². The molecule has 0 aromatic carbocycles. The summed E-state index contributed by atoms with van der Waals surface area (Å²) in [5.74, 6) is -2.61. The average Bonchev–Trinajstić information content (AvgIpc) is 2.91. The van der Waals surface area contributed by atoms with Crippen LogP contribution in [0.1, 0.15) is 27.7 Å². The van der Waals surface area contributed by atoms with Gasteiger partial charge in [0.25, 0.3) is 5.91 Å². The summed E-state index contributed by atoms with van der Waals surface area (Å²) in [7, 11) is 0. The Morgan fingerprint density at radius 3 is 2.80 bits per heavy atom. The summed E-state index contributed by atoms with van der Waals surface area (Å²) in [4.78, 5) is 26.9. The van der Waals surface area contributed by atoms with Crippen molar-refractivity contribution in [3.63, 3.8) is 0 Å². The molecule has 2 aromatic heterocycles. The van der Waals surface area contributed by atoms with Crippen LogP contribution in [0.2, 0.25) is 0 Å². The smallest absolute Gasteiger partial charge is 0.305 e. The number of nitrogens with zero attached hydrogens (tertiary/aromatic N) is 1. The molecule has 7 heteroatoms. The maximum absolute atomic E-state index is 13.4. The fraction of sp³-hybridized carbons (Fsp3) is 0.154. The first-order chi connectivity index (χ1) is 9.58. The molecule has 5 nitrogen and oxygen atoms in total. The van der Waals surface area contributed by atoms with Crippen LogP contribution in [-0.4, -0.2) is 22.0 Å². The molecule has 20 heavy (non-hydrogen) atoms. The van der Waals surface area contributed by atoms with Gasteiger partial charge < -0.3 is 10.4 Å². The second-order valence-electron chi connectivity index (χ2n) is 3.98. The number of hydrogen-bond acceptors (Lipinski definition) is 4. The molecule has 1 atom stereocenters. The Balaban J connectivity index is 2.18. The zero-order valence-electron chi connectivity index (χ0n) is 10.2. The quantitative estimate of drug-likeness (QED) is 0.829. The maximum atomic E-state index is 13.4. The predicted molar refractivity (Wildman–Crippen MR) is 71.0 cm³/mol. The summed E-state index contributed by atoms with van der Waals surface area (Å²) in [5, 5.41) is 13.2. The van der Waals surface area contributed by atoms with Crippen molar-refractivity contribution in [2.75, 3.05) is 0 Å². The van der Waals surface area contributed by atoms with Gasteiger partial charge in [-0.25, -0.2) is 4.98 Å². The van der Waals surface area contributed by atoms with Crippen LogP contribution in [0.4, 0.5) is 4.39 Å². The molecule has 0 spiro atoms. The van der Waals surface area contributed by atoms with Crippen molar-refractivity contribution in [1.29, 1.82) is 0 Å². The van der Waals surface area contributed by atoms with Crippen molar-refractivity contribution in [3.05, 3.63) is 52.2 Å². The van der Waals surface area contributed by atoms with Gasteiger partial charge in [0.05, 0.1) is 18.0 Å². The van der Waals surface area contributed by atoms with Crippen LogP contribution in [0.5, 0.6) is 0 Å². The molecule has 0 aliphatic heterocycles. The Kier molecular flexibility index (Phi) is 4.41. The summed E-state index contributed by atoms with van der Waals surface area (Å²) in [6.07, 6.45) is 0.967. The molecule has 2 rings (SSSR count). The van der Waals surface area contributed by atoms with Crippen molar-refractivity contribution < 1.29 is 19.1 Å². The Labute approximate surface area is 118 Å². The Morgan fingerprint density at radius 1 is 1.40 bits per heavy atom. The van der Waals surface area contributed by atoms with E-state index in [1.54, 1.807) is 17.5 Å². The van der Waals surface area contributed by atoms with E-state index in [0.29, 0.717) is 4.88 Å². The fourth-order valence-corrected chi connectivity index (χ4v) is 2.46. The lowest BCUT2D eigenvalue weighted by Crippen LogP contribution is -2.30. The number of aromatic nitrogens is 1. The Bertz CT molecular complexity index is 616. The maximum Gasteiger partial charge on any atom is 0.305 e. The van der Waals surface area contributed by atoms with Crippen molar-refractivity contribution in [1.82, 2.24) is 10.3 Å². The summed E-state index contributed by atoms with van der Waals surface area (Å²) in [6, 6.07) is 5.52. The normalized spacial score (nSPS) is 11.8. The zero-order chi connectivity index (χ0) is 14.5. The number of rotatable bonds is 5. The number of carbonyl (C=O) groups excluding carboxylic acids is 1. The third kappa shape index (κ3) is 3.39. The van der Waals surface area contributed by atoms with Crippen LogP contribution >= 0.6 is 11.3 Å². The first-order valence-corrected chi connectivity index (χ1v) is 6.62. The number of amides is 1. The zero-order valence-corrected chi connectivity index (χ0v) is 11.1. The number of aliphatic carboxylic acids is 1. The number of pyridine rings is 1. The summed E-state index contributed by atoms with van der Waals surface area (Å²) in [5.41, 5.74) is -0.209. The van der Waals surface area contributed by atoms with Crippen molar-refractivity contribution in [3.8, 4) is 0 Å². The van der Waals surface area contributed by atoms with E-state index in [1.807, 2.05) is 0 Å². The standard InChI is InChI=1S/C13H11FN2O3S/c14-12-8(3-1-5-15-12)13(19)16-9(7-11(17)18)10-4-2-6-20-10/h1-6,9H,7H2,(H,16,19)(H,17,18). The lowest BCUT2D eigenvalue weighted by atomic mass is 10.1. The number of hydrogen-bond donors (Lipinski definition) is 2. The van der Waals surface area contributed by atoms with E-state index in [1.165, 1.54) is 29.7 Å². The lowest BCUT2D eigenvalue weighted by Gasteiger charge is -2.15. The van der Waals surface area contributed by atoms with E-state index in [9.17, 15) is 14.0 Å². The first kappa shape index (κ1) is 14.1. The van der Waals surface area contributed by atoms with E-state index >= 15 is 0 Å². The van der Waals surface area contributed by atoms with Crippen LogP contribution in [0.25, 0.3) is 0 Å². The minimum atomic E-state index is -1.05. The van der Waals surface area contributed by atoms with Gasteiger partial charge in [-0.05, 0) is 23.6 Å². The molecule has 0 fully saturated rings. The van der Waals surface area contributed by atoms with Crippen molar-refractivity contribution in [2.45, 2.75) is 12.5 Å². The third-order valence-electron chi connectivity index (χ3n) is 2.57. The minimum absolute atomic E-state index is 0.209.